The fourth-order valence-corrected chi connectivity index (χ4v) is 2.65. The van der Waals surface area contributed by atoms with Crippen LogP contribution in [-0.2, 0) is 12.2 Å². The number of thioether (sulfide) groups is 1. The first-order valence-corrected chi connectivity index (χ1v) is 6.25. The number of aryl methyl sites for hydroxylation is 1. The molecule has 4 heteroatoms. The topological polar surface area (TPSA) is 36.7 Å². The number of hydrogen-bond donors (Lipinski definition) is 0. The lowest BCUT2D eigenvalue weighted by molar-refractivity contribution is 1.03. The van der Waals surface area contributed by atoms with Crippen molar-refractivity contribution in [2.75, 3.05) is 5.75 Å². The number of nitriles is 1. The van der Waals surface area contributed by atoms with Crippen molar-refractivity contribution in [1.29, 1.82) is 5.26 Å². The Morgan fingerprint density at radius 1 is 1.54 bits per heavy atom. The standard InChI is InChI=1S/C9H12N2S2/c1-3-7-8(5-10)13-9(11-7)6-12-4-2/h3-4,6H2,1-2H3. The number of rotatable bonds is 4. The molecule has 0 aliphatic rings. The summed E-state index contributed by atoms with van der Waals surface area (Å²) in [4.78, 5) is 5.20. The van der Waals surface area contributed by atoms with E-state index in [0.717, 1.165) is 33.5 Å². The Labute approximate surface area is 87.0 Å². The molecule has 0 aliphatic heterocycles. The predicted molar refractivity (Wildman–Crippen MR) is 58.0 cm³/mol. The number of hydrogen-bond acceptors (Lipinski definition) is 4. The lowest BCUT2D eigenvalue weighted by Gasteiger charge is -1.90. The molecule has 0 fully saturated rings. The molecule has 0 aromatic carbocycles. The molecular formula is C9H12N2S2. The highest BCUT2D eigenvalue weighted by molar-refractivity contribution is 7.98. The van der Waals surface area contributed by atoms with Crippen LogP contribution in [0.15, 0.2) is 0 Å². The first kappa shape index (κ1) is 10.6. The van der Waals surface area contributed by atoms with Gasteiger partial charge in [-0.05, 0) is 12.2 Å². The van der Waals surface area contributed by atoms with Crippen LogP contribution in [-0.4, -0.2) is 10.7 Å². The molecule has 2 nitrogen and oxygen atoms in total. The summed E-state index contributed by atoms with van der Waals surface area (Å²) in [5.74, 6) is 2.04. The van der Waals surface area contributed by atoms with E-state index in [1.54, 1.807) is 0 Å². The van der Waals surface area contributed by atoms with Crippen molar-refractivity contribution in [3.05, 3.63) is 15.6 Å². The summed E-state index contributed by atoms with van der Waals surface area (Å²) in [6, 6.07) is 2.19. The maximum atomic E-state index is 8.80. The van der Waals surface area contributed by atoms with Gasteiger partial charge in [-0.25, -0.2) is 4.98 Å². The third kappa shape index (κ3) is 2.71. The Kier molecular flexibility index (Phi) is 4.26. The average molecular weight is 212 g/mol. The maximum Gasteiger partial charge on any atom is 0.128 e. The van der Waals surface area contributed by atoms with Gasteiger partial charge in [0.25, 0.3) is 0 Å². The van der Waals surface area contributed by atoms with Crippen LogP contribution in [0.1, 0.15) is 29.4 Å². The second kappa shape index (κ2) is 5.25. The number of thiazole rings is 1. The first-order chi connectivity index (χ1) is 6.31. The molecular weight excluding hydrogens is 200 g/mol. The van der Waals surface area contributed by atoms with Crippen molar-refractivity contribution < 1.29 is 0 Å². The molecule has 1 heterocycles. The van der Waals surface area contributed by atoms with Crippen LogP contribution >= 0.6 is 23.1 Å². The van der Waals surface area contributed by atoms with E-state index in [2.05, 4.69) is 18.0 Å². The Hall–Kier alpha value is -0.530. The first-order valence-electron chi connectivity index (χ1n) is 4.28. The lowest BCUT2D eigenvalue weighted by atomic mass is 10.3. The van der Waals surface area contributed by atoms with Gasteiger partial charge in [-0.1, -0.05) is 13.8 Å². The van der Waals surface area contributed by atoms with Gasteiger partial charge in [0, 0.05) is 5.75 Å². The van der Waals surface area contributed by atoms with E-state index in [9.17, 15) is 0 Å². The molecule has 0 unspecified atom stereocenters. The van der Waals surface area contributed by atoms with E-state index in [4.69, 9.17) is 5.26 Å². The summed E-state index contributed by atoms with van der Waals surface area (Å²) in [6.45, 7) is 4.16. The van der Waals surface area contributed by atoms with Gasteiger partial charge in [-0.15, -0.1) is 11.3 Å². The molecule has 70 valence electrons. The SMILES string of the molecule is CCSCc1nc(CC)c(C#N)s1. The van der Waals surface area contributed by atoms with Gasteiger partial charge >= 0.3 is 0 Å². The third-order valence-electron chi connectivity index (χ3n) is 1.61. The fraction of sp³-hybridized carbons (Fsp3) is 0.556. The molecule has 1 aromatic rings. The van der Waals surface area contributed by atoms with Crippen LogP contribution < -0.4 is 0 Å². The van der Waals surface area contributed by atoms with Crippen molar-refractivity contribution in [2.45, 2.75) is 26.0 Å². The molecule has 0 saturated heterocycles. The van der Waals surface area contributed by atoms with Crippen LogP contribution in [0.25, 0.3) is 0 Å². The third-order valence-corrected chi connectivity index (χ3v) is 3.68. The normalized spacial score (nSPS) is 9.92. The molecule has 13 heavy (non-hydrogen) atoms. The quantitative estimate of drug-likeness (QED) is 0.770. The van der Waals surface area contributed by atoms with E-state index in [-0.39, 0.29) is 0 Å². The van der Waals surface area contributed by atoms with Gasteiger partial charge in [-0.3, -0.25) is 0 Å². The summed E-state index contributed by atoms with van der Waals surface area (Å²) in [6.07, 6.45) is 0.857. The van der Waals surface area contributed by atoms with Gasteiger partial charge in [0.1, 0.15) is 16.0 Å². The zero-order chi connectivity index (χ0) is 9.68. The van der Waals surface area contributed by atoms with Crippen molar-refractivity contribution >= 4 is 23.1 Å². The minimum atomic E-state index is 0.786. The van der Waals surface area contributed by atoms with Crippen molar-refractivity contribution in [3.8, 4) is 6.07 Å². The molecule has 0 N–H and O–H groups in total. The Morgan fingerprint density at radius 3 is 2.77 bits per heavy atom. The van der Waals surface area contributed by atoms with E-state index in [1.165, 1.54) is 11.3 Å². The molecule has 0 aliphatic carbocycles. The maximum absolute atomic E-state index is 8.80. The summed E-state index contributed by atoms with van der Waals surface area (Å²) in [7, 11) is 0. The van der Waals surface area contributed by atoms with Gasteiger partial charge in [0.2, 0.25) is 0 Å². The molecule has 1 rings (SSSR count). The Balaban J connectivity index is 2.76. The molecule has 0 saturated carbocycles. The molecule has 1 aromatic heterocycles. The average Bonchev–Trinajstić information content (AvgIpc) is 2.57. The van der Waals surface area contributed by atoms with E-state index in [1.807, 2.05) is 18.7 Å². The molecule has 0 amide bonds. The predicted octanol–water partition coefficient (Wildman–Crippen LogP) is 2.83. The summed E-state index contributed by atoms with van der Waals surface area (Å²) < 4.78 is 0. The van der Waals surface area contributed by atoms with Crippen molar-refractivity contribution in [2.24, 2.45) is 0 Å². The fourth-order valence-electron chi connectivity index (χ4n) is 0.979. The molecule has 0 spiro atoms. The highest BCUT2D eigenvalue weighted by Gasteiger charge is 2.08. The van der Waals surface area contributed by atoms with Crippen LogP contribution in [0.4, 0.5) is 0 Å². The van der Waals surface area contributed by atoms with Gasteiger partial charge < -0.3 is 0 Å². The largest absolute Gasteiger partial charge is 0.244 e. The van der Waals surface area contributed by atoms with Gasteiger partial charge in [-0.2, -0.15) is 17.0 Å². The second-order valence-corrected chi connectivity index (χ2v) is 4.84. The minimum absolute atomic E-state index is 0.786. The molecule has 0 atom stereocenters. The Bertz CT molecular complexity index is 312. The van der Waals surface area contributed by atoms with Crippen molar-refractivity contribution in [1.82, 2.24) is 4.98 Å². The molecule has 0 radical (unpaired) electrons. The van der Waals surface area contributed by atoms with Crippen LogP contribution in [0.5, 0.6) is 0 Å². The van der Waals surface area contributed by atoms with Crippen molar-refractivity contribution in [3.63, 3.8) is 0 Å². The monoisotopic (exact) mass is 212 g/mol. The smallest absolute Gasteiger partial charge is 0.128 e. The lowest BCUT2D eigenvalue weighted by Crippen LogP contribution is -1.84. The summed E-state index contributed by atoms with van der Waals surface area (Å²) in [5.41, 5.74) is 0.958. The second-order valence-electron chi connectivity index (χ2n) is 2.49. The van der Waals surface area contributed by atoms with E-state index in [0.29, 0.717) is 0 Å². The highest BCUT2D eigenvalue weighted by atomic mass is 32.2. The zero-order valence-electron chi connectivity index (χ0n) is 7.83. The van der Waals surface area contributed by atoms with Gasteiger partial charge in [0.15, 0.2) is 0 Å². The summed E-state index contributed by atoms with van der Waals surface area (Å²) >= 11 is 3.37. The molecule has 0 bridgehead atoms. The summed E-state index contributed by atoms with van der Waals surface area (Å²) in [5, 5.41) is 9.89. The van der Waals surface area contributed by atoms with E-state index < -0.39 is 0 Å². The Morgan fingerprint density at radius 2 is 2.31 bits per heavy atom. The minimum Gasteiger partial charge on any atom is -0.244 e. The zero-order valence-corrected chi connectivity index (χ0v) is 9.47. The number of aromatic nitrogens is 1. The number of nitrogens with zero attached hydrogens (tertiary/aromatic N) is 2. The van der Waals surface area contributed by atoms with Crippen LogP contribution in [0.3, 0.4) is 0 Å². The van der Waals surface area contributed by atoms with Gasteiger partial charge in [0.05, 0.1) is 5.69 Å². The van der Waals surface area contributed by atoms with Crippen LogP contribution in [0, 0.1) is 11.3 Å². The highest BCUT2D eigenvalue weighted by Crippen LogP contribution is 2.21. The van der Waals surface area contributed by atoms with E-state index >= 15 is 0 Å². The van der Waals surface area contributed by atoms with Crippen LogP contribution in [0.2, 0.25) is 0 Å².